The number of nitrogens with zero attached hydrogens (tertiary/aromatic N) is 1. The molecule has 1 saturated heterocycles. The minimum Gasteiger partial charge on any atom is -0.467 e. The number of esters is 1. The molecule has 1 N–H and O–H groups in total. The summed E-state index contributed by atoms with van der Waals surface area (Å²) in [5, 5.41) is 3.35. The van der Waals surface area contributed by atoms with Gasteiger partial charge in [0.15, 0.2) is 0 Å². The Morgan fingerprint density at radius 1 is 1.32 bits per heavy atom. The Kier molecular flexibility index (Phi) is 3.47. The largest absolute Gasteiger partial charge is 0.467 e. The number of rotatable bonds is 2. The molecule has 2 aliphatic rings. The molecule has 3 rings (SSSR count). The number of anilines is 1. The number of ether oxygens (including phenoxy) is 2. The topological polar surface area (TPSA) is 67.9 Å². The molecule has 0 bridgehead atoms. The number of amides is 1. The van der Waals surface area contributed by atoms with Gasteiger partial charge in [-0.1, -0.05) is 25.1 Å². The standard InChI is InChI=1S/C16H20N2O4/c1-4-16(14(19)21-2)9-11-10-7-5-6-8-12(10)17-13(11)18(16)15(20)22-3/h5-8,11,13,17H,4,9H2,1-3H3/t11-,13-,16-/m0/s1. The Morgan fingerprint density at radius 2 is 2.05 bits per heavy atom. The van der Waals surface area contributed by atoms with Crippen LogP contribution in [0.25, 0.3) is 0 Å². The molecule has 22 heavy (non-hydrogen) atoms. The van der Waals surface area contributed by atoms with Crippen LogP contribution >= 0.6 is 0 Å². The number of para-hydroxylation sites is 1. The molecule has 3 atom stereocenters. The van der Waals surface area contributed by atoms with Crippen molar-refractivity contribution < 1.29 is 19.1 Å². The summed E-state index contributed by atoms with van der Waals surface area (Å²) in [5.74, 6) is -0.344. The number of benzene rings is 1. The summed E-state index contributed by atoms with van der Waals surface area (Å²) in [6, 6.07) is 7.93. The van der Waals surface area contributed by atoms with Crippen molar-refractivity contribution in [3.8, 4) is 0 Å². The van der Waals surface area contributed by atoms with Crippen molar-refractivity contribution in [2.24, 2.45) is 0 Å². The van der Waals surface area contributed by atoms with E-state index in [1.54, 1.807) is 0 Å². The van der Waals surface area contributed by atoms with Crippen LogP contribution in [0.1, 0.15) is 31.2 Å². The molecule has 2 heterocycles. The van der Waals surface area contributed by atoms with Crippen molar-refractivity contribution in [3.63, 3.8) is 0 Å². The maximum Gasteiger partial charge on any atom is 0.412 e. The third-order valence-corrected chi connectivity index (χ3v) is 4.86. The van der Waals surface area contributed by atoms with Crippen LogP contribution in [-0.2, 0) is 14.3 Å². The molecule has 0 aromatic heterocycles. The summed E-state index contributed by atoms with van der Waals surface area (Å²) >= 11 is 0. The first-order valence-electron chi connectivity index (χ1n) is 7.40. The maximum absolute atomic E-state index is 12.4. The van der Waals surface area contributed by atoms with Gasteiger partial charge in [-0.15, -0.1) is 0 Å². The summed E-state index contributed by atoms with van der Waals surface area (Å²) in [5.41, 5.74) is 1.14. The van der Waals surface area contributed by atoms with Crippen molar-refractivity contribution >= 4 is 17.7 Å². The van der Waals surface area contributed by atoms with Gasteiger partial charge in [0.1, 0.15) is 11.7 Å². The first-order chi connectivity index (χ1) is 10.6. The van der Waals surface area contributed by atoms with Crippen molar-refractivity contribution in [2.45, 2.75) is 37.4 Å². The van der Waals surface area contributed by atoms with Crippen molar-refractivity contribution in [1.29, 1.82) is 0 Å². The lowest BCUT2D eigenvalue weighted by molar-refractivity contribution is -0.153. The number of fused-ring (bicyclic) bond motifs is 3. The highest BCUT2D eigenvalue weighted by Gasteiger charge is 2.61. The average Bonchev–Trinajstić information content (AvgIpc) is 3.06. The van der Waals surface area contributed by atoms with E-state index in [0.29, 0.717) is 12.8 Å². The van der Waals surface area contributed by atoms with Crippen LogP contribution in [0.4, 0.5) is 10.5 Å². The molecule has 1 aromatic carbocycles. The number of carbonyl (C=O) groups excluding carboxylic acids is 2. The summed E-state index contributed by atoms with van der Waals surface area (Å²) < 4.78 is 9.92. The van der Waals surface area contributed by atoms with E-state index in [2.05, 4.69) is 5.32 Å². The number of nitrogens with one attached hydrogen (secondary N) is 1. The van der Waals surface area contributed by atoms with E-state index >= 15 is 0 Å². The van der Waals surface area contributed by atoms with E-state index < -0.39 is 17.6 Å². The number of hydrogen-bond donors (Lipinski definition) is 1. The second-order valence-corrected chi connectivity index (χ2v) is 5.70. The van der Waals surface area contributed by atoms with Gasteiger partial charge in [0.05, 0.1) is 14.2 Å². The first kappa shape index (κ1) is 14.7. The summed E-state index contributed by atoms with van der Waals surface area (Å²) in [7, 11) is 2.68. The summed E-state index contributed by atoms with van der Waals surface area (Å²) in [6.45, 7) is 1.89. The molecule has 6 heteroatoms. The van der Waals surface area contributed by atoms with Crippen LogP contribution in [0.3, 0.4) is 0 Å². The van der Waals surface area contributed by atoms with Crippen LogP contribution in [-0.4, -0.2) is 42.9 Å². The normalized spacial score (nSPS) is 28.6. The number of carbonyl (C=O) groups is 2. The molecule has 1 fully saturated rings. The lowest BCUT2D eigenvalue weighted by atomic mass is 9.86. The zero-order chi connectivity index (χ0) is 15.9. The fraction of sp³-hybridized carbons (Fsp3) is 0.500. The molecule has 1 aromatic rings. The third kappa shape index (κ3) is 1.79. The fourth-order valence-corrected chi connectivity index (χ4v) is 3.79. The van der Waals surface area contributed by atoms with Gasteiger partial charge < -0.3 is 14.8 Å². The Hall–Kier alpha value is -2.24. The predicted octanol–water partition coefficient (Wildman–Crippen LogP) is 2.32. The lowest BCUT2D eigenvalue weighted by Gasteiger charge is -2.36. The summed E-state index contributed by atoms with van der Waals surface area (Å²) in [6.07, 6.45) is 0.204. The molecule has 1 amide bonds. The molecule has 2 aliphatic heterocycles. The van der Waals surface area contributed by atoms with Gasteiger partial charge in [-0.05, 0) is 24.5 Å². The van der Waals surface area contributed by atoms with E-state index in [4.69, 9.17) is 9.47 Å². The van der Waals surface area contributed by atoms with Crippen LogP contribution < -0.4 is 5.32 Å². The first-order valence-corrected chi connectivity index (χ1v) is 7.40. The monoisotopic (exact) mass is 304 g/mol. The van der Waals surface area contributed by atoms with Crippen LogP contribution in [0.2, 0.25) is 0 Å². The number of hydrogen-bond acceptors (Lipinski definition) is 5. The molecule has 0 spiro atoms. The quantitative estimate of drug-likeness (QED) is 0.849. The zero-order valence-electron chi connectivity index (χ0n) is 13.0. The van der Waals surface area contributed by atoms with E-state index in [9.17, 15) is 9.59 Å². The minimum absolute atomic E-state index is 0.0503. The van der Waals surface area contributed by atoms with Gasteiger partial charge in [-0.25, -0.2) is 9.59 Å². The van der Waals surface area contributed by atoms with Crippen molar-refractivity contribution in [3.05, 3.63) is 29.8 Å². The van der Waals surface area contributed by atoms with Gasteiger partial charge in [-0.2, -0.15) is 0 Å². The van der Waals surface area contributed by atoms with Gasteiger partial charge in [0.25, 0.3) is 0 Å². The SMILES string of the molecule is CC[C@@]1(C(=O)OC)C[C@H]2c3ccccc3N[C@H]2N1C(=O)OC. The maximum atomic E-state index is 12.4. The lowest BCUT2D eigenvalue weighted by Crippen LogP contribution is -2.57. The van der Waals surface area contributed by atoms with Crippen LogP contribution in [0.5, 0.6) is 0 Å². The molecule has 6 nitrogen and oxygen atoms in total. The third-order valence-electron chi connectivity index (χ3n) is 4.86. The summed E-state index contributed by atoms with van der Waals surface area (Å²) in [4.78, 5) is 26.3. The van der Waals surface area contributed by atoms with Gasteiger partial charge in [0.2, 0.25) is 0 Å². The second kappa shape index (κ2) is 5.19. The molecule has 0 saturated carbocycles. The predicted molar refractivity (Wildman–Crippen MR) is 80.5 cm³/mol. The molecular weight excluding hydrogens is 284 g/mol. The Balaban J connectivity index is 2.07. The van der Waals surface area contributed by atoms with Crippen LogP contribution in [0, 0.1) is 0 Å². The van der Waals surface area contributed by atoms with Gasteiger partial charge >= 0.3 is 12.1 Å². The fourth-order valence-electron chi connectivity index (χ4n) is 3.79. The number of likely N-dealkylation sites (tertiary alicyclic amines) is 1. The Morgan fingerprint density at radius 3 is 2.68 bits per heavy atom. The molecular formula is C16H20N2O4. The molecule has 0 radical (unpaired) electrons. The second-order valence-electron chi connectivity index (χ2n) is 5.70. The smallest absolute Gasteiger partial charge is 0.412 e. The van der Waals surface area contributed by atoms with Crippen molar-refractivity contribution in [1.82, 2.24) is 4.90 Å². The highest BCUT2D eigenvalue weighted by Crippen LogP contribution is 2.51. The Bertz CT molecular complexity index is 618. The van der Waals surface area contributed by atoms with Gasteiger partial charge in [0, 0.05) is 11.6 Å². The van der Waals surface area contributed by atoms with E-state index in [0.717, 1.165) is 11.3 Å². The molecule has 118 valence electrons. The molecule has 0 unspecified atom stereocenters. The van der Waals surface area contributed by atoms with E-state index in [-0.39, 0.29) is 12.1 Å². The average molecular weight is 304 g/mol. The zero-order valence-corrected chi connectivity index (χ0v) is 13.0. The van der Waals surface area contributed by atoms with E-state index in [1.165, 1.54) is 19.1 Å². The van der Waals surface area contributed by atoms with Gasteiger partial charge in [-0.3, -0.25) is 4.90 Å². The highest BCUT2D eigenvalue weighted by molar-refractivity contribution is 5.88. The highest BCUT2D eigenvalue weighted by atomic mass is 16.5. The van der Waals surface area contributed by atoms with E-state index in [1.807, 2.05) is 31.2 Å². The number of methoxy groups -OCH3 is 2. The minimum atomic E-state index is -0.988. The van der Waals surface area contributed by atoms with Crippen molar-refractivity contribution in [2.75, 3.05) is 19.5 Å². The Labute approximate surface area is 129 Å². The van der Waals surface area contributed by atoms with Crippen LogP contribution in [0.15, 0.2) is 24.3 Å². The molecule has 0 aliphatic carbocycles.